The maximum atomic E-state index is 5.71. The molecular weight excluding hydrogens is 272 g/mol. The van der Waals surface area contributed by atoms with Crippen LogP contribution in [0.25, 0.3) is 0 Å². The van der Waals surface area contributed by atoms with Crippen LogP contribution in [0.4, 0.5) is 0 Å². The predicted molar refractivity (Wildman–Crippen MR) is 91.8 cm³/mol. The van der Waals surface area contributed by atoms with Gasteiger partial charge in [0.2, 0.25) is 0 Å². The van der Waals surface area contributed by atoms with Crippen LogP contribution >= 0.6 is 0 Å². The molecule has 2 heteroatoms. The second-order valence-electron chi connectivity index (χ2n) is 5.93. The number of benzene rings is 2. The summed E-state index contributed by atoms with van der Waals surface area (Å²) in [7, 11) is 0. The monoisotopic (exact) mass is 298 g/mol. The van der Waals surface area contributed by atoms with E-state index in [1.165, 1.54) is 11.1 Å². The third-order valence-electron chi connectivity index (χ3n) is 3.44. The van der Waals surface area contributed by atoms with Gasteiger partial charge in [0.15, 0.2) is 0 Å². The summed E-state index contributed by atoms with van der Waals surface area (Å²) in [4.78, 5) is 0. The zero-order valence-electron chi connectivity index (χ0n) is 13.8. The van der Waals surface area contributed by atoms with Crippen LogP contribution in [0.3, 0.4) is 0 Å². The Labute approximate surface area is 134 Å². The zero-order valence-corrected chi connectivity index (χ0v) is 13.8. The van der Waals surface area contributed by atoms with Crippen molar-refractivity contribution in [1.82, 2.24) is 0 Å². The molecule has 118 valence electrons. The van der Waals surface area contributed by atoms with Crippen molar-refractivity contribution >= 4 is 0 Å². The Morgan fingerprint density at radius 1 is 0.727 bits per heavy atom. The molecule has 0 spiro atoms. The van der Waals surface area contributed by atoms with Gasteiger partial charge in [-0.1, -0.05) is 38.1 Å². The largest absolute Gasteiger partial charge is 0.494 e. The molecule has 2 nitrogen and oxygen atoms in total. The fourth-order valence-corrected chi connectivity index (χ4v) is 2.22. The van der Waals surface area contributed by atoms with E-state index in [1.54, 1.807) is 0 Å². The summed E-state index contributed by atoms with van der Waals surface area (Å²) in [6.45, 7) is 7.80. The van der Waals surface area contributed by atoms with E-state index >= 15 is 0 Å². The lowest BCUT2D eigenvalue weighted by Crippen LogP contribution is -2.04. The lowest BCUT2D eigenvalue weighted by molar-refractivity contribution is 0.271. The van der Waals surface area contributed by atoms with Crippen LogP contribution in [0.1, 0.15) is 31.9 Å². The summed E-state index contributed by atoms with van der Waals surface area (Å²) < 4.78 is 11.2. The molecule has 0 aliphatic heterocycles. The number of hydrogen-bond acceptors (Lipinski definition) is 2. The van der Waals surface area contributed by atoms with E-state index < -0.39 is 0 Å². The molecule has 0 amide bonds. The van der Waals surface area contributed by atoms with E-state index in [2.05, 4.69) is 50.2 Å². The third-order valence-corrected chi connectivity index (χ3v) is 3.44. The molecule has 2 aromatic rings. The average Bonchev–Trinajstić information content (AvgIpc) is 2.53. The quantitative estimate of drug-likeness (QED) is 0.689. The average molecular weight is 298 g/mol. The maximum absolute atomic E-state index is 5.71. The Morgan fingerprint density at radius 2 is 1.18 bits per heavy atom. The minimum Gasteiger partial charge on any atom is -0.494 e. The summed E-state index contributed by atoms with van der Waals surface area (Å²) in [6.07, 6.45) is 2.08. The molecule has 0 saturated heterocycles. The summed E-state index contributed by atoms with van der Waals surface area (Å²) in [5.74, 6) is 2.45. The molecular formula is C20H26O2. The van der Waals surface area contributed by atoms with Gasteiger partial charge in [-0.05, 0) is 61.1 Å². The van der Waals surface area contributed by atoms with Crippen LogP contribution in [0.2, 0.25) is 0 Å². The van der Waals surface area contributed by atoms with Crippen molar-refractivity contribution in [3.8, 4) is 11.5 Å². The van der Waals surface area contributed by atoms with Crippen LogP contribution in [0, 0.1) is 5.92 Å². The van der Waals surface area contributed by atoms with E-state index in [-0.39, 0.29) is 0 Å². The van der Waals surface area contributed by atoms with Crippen molar-refractivity contribution in [3.05, 3.63) is 59.7 Å². The highest BCUT2D eigenvalue weighted by molar-refractivity contribution is 5.30. The normalized spacial score (nSPS) is 10.7. The zero-order chi connectivity index (χ0) is 15.8. The highest BCUT2D eigenvalue weighted by Gasteiger charge is 2.00. The van der Waals surface area contributed by atoms with Gasteiger partial charge in [0.05, 0.1) is 13.2 Å². The number of aryl methyl sites for hydroxylation is 2. The van der Waals surface area contributed by atoms with Gasteiger partial charge < -0.3 is 9.47 Å². The minimum absolute atomic E-state index is 0.555. The predicted octanol–water partition coefficient (Wildman–Crippen LogP) is 4.91. The molecule has 0 N–H and O–H groups in total. The van der Waals surface area contributed by atoms with E-state index in [1.807, 2.05) is 19.1 Å². The van der Waals surface area contributed by atoms with Gasteiger partial charge in [0.1, 0.15) is 11.5 Å². The van der Waals surface area contributed by atoms with Crippen molar-refractivity contribution in [2.75, 3.05) is 13.2 Å². The Balaban J connectivity index is 1.83. The smallest absolute Gasteiger partial charge is 0.119 e. The van der Waals surface area contributed by atoms with Crippen LogP contribution in [0.5, 0.6) is 11.5 Å². The molecule has 0 aromatic heterocycles. The first kappa shape index (κ1) is 16.4. The summed E-state index contributed by atoms with van der Waals surface area (Å²) >= 11 is 0. The second kappa shape index (κ2) is 8.47. The summed E-state index contributed by atoms with van der Waals surface area (Å²) in [5.41, 5.74) is 2.68. The lowest BCUT2D eigenvalue weighted by atomic mass is 10.0. The van der Waals surface area contributed by atoms with Crippen molar-refractivity contribution in [1.29, 1.82) is 0 Å². The molecule has 0 radical (unpaired) electrons. The fourth-order valence-electron chi connectivity index (χ4n) is 2.22. The highest BCUT2D eigenvalue weighted by atomic mass is 16.5. The minimum atomic E-state index is 0.555. The Bertz CT molecular complexity index is 541. The maximum Gasteiger partial charge on any atom is 0.119 e. The van der Waals surface area contributed by atoms with Gasteiger partial charge in [-0.15, -0.1) is 0 Å². The van der Waals surface area contributed by atoms with E-state index in [4.69, 9.17) is 9.47 Å². The topological polar surface area (TPSA) is 18.5 Å². The van der Waals surface area contributed by atoms with Crippen molar-refractivity contribution in [3.63, 3.8) is 0 Å². The summed E-state index contributed by atoms with van der Waals surface area (Å²) in [6, 6.07) is 16.8. The second-order valence-corrected chi connectivity index (χ2v) is 5.93. The molecule has 0 aliphatic carbocycles. The lowest BCUT2D eigenvalue weighted by Gasteiger charge is -2.09. The van der Waals surface area contributed by atoms with E-state index in [0.717, 1.165) is 30.9 Å². The molecule has 0 fully saturated rings. The molecule has 0 aliphatic rings. The van der Waals surface area contributed by atoms with Crippen molar-refractivity contribution in [2.24, 2.45) is 5.92 Å². The molecule has 0 unspecified atom stereocenters. The van der Waals surface area contributed by atoms with Crippen molar-refractivity contribution in [2.45, 2.75) is 33.6 Å². The van der Waals surface area contributed by atoms with Crippen LogP contribution in [-0.2, 0) is 12.8 Å². The Hall–Kier alpha value is -1.96. The van der Waals surface area contributed by atoms with Gasteiger partial charge in [-0.2, -0.15) is 0 Å². The highest BCUT2D eigenvalue weighted by Crippen LogP contribution is 2.16. The van der Waals surface area contributed by atoms with E-state index in [9.17, 15) is 0 Å². The molecule has 0 heterocycles. The number of rotatable bonds is 8. The van der Waals surface area contributed by atoms with Gasteiger partial charge in [0.25, 0.3) is 0 Å². The van der Waals surface area contributed by atoms with Crippen LogP contribution in [-0.4, -0.2) is 13.2 Å². The molecule has 0 atom stereocenters. The number of ether oxygens (including phenoxy) is 2. The third kappa shape index (κ3) is 5.44. The molecule has 22 heavy (non-hydrogen) atoms. The van der Waals surface area contributed by atoms with Gasteiger partial charge in [0, 0.05) is 0 Å². The molecule has 0 saturated carbocycles. The fraction of sp³-hybridized carbons (Fsp3) is 0.400. The standard InChI is InChI=1S/C20H26O2/c1-4-21-19-11-7-17(8-12-19)5-6-18-9-13-20(14-10-18)22-15-16(2)3/h7-14,16H,4-6,15H2,1-3H3. The molecule has 2 rings (SSSR count). The first-order valence-corrected chi connectivity index (χ1v) is 8.11. The van der Waals surface area contributed by atoms with Gasteiger partial charge in [-0.3, -0.25) is 0 Å². The number of hydrogen-bond donors (Lipinski definition) is 0. The van der Waals surface area contributed by atoms with Gasteiger partial charge >= 0.3 is 0 Å². The SMILES string of the molecule is CCOc1ccc(CCc2ccc(OCC(C)C)cc2)cc1. The summed E-state index contributed by atoms with van der Waals surface area (Å²) in [5, 5.41) is 0. The van der Waals surface area contributed by atoms with Crippen LogP contribution < -0.4 is 9.47 Å². The molecule has 2 aromatic carbocycles. The van der Waals surface area contributed by atoms with Crippen LogP contribution in [0.15, 0.2) is 48.5 Å². The Morgan fingerprint density at radius 3 is 1.59 bits per heavy atom. The first-order chi connectivity index (χ1) is 10.7. The Kier molecular flexibility index (Phi) is 6.32. The first-order valence-electron chi connectivity index (χ1n) is 8.11. The van der Waals surface area contributed by atoms with Crippen molar-refractivity contribution < 1.29 is 9.47 Å². The van der Waals surface area contributed by atoms with Gasteiger partial charge in [-0.25, -0.2) is 0 Å². The van der Waals surface area contributed by atoms with E-state index in [0.29, 0.717) is 12.5 Å². The molecule has 0 bridgehead atoms.